The number of carbonyl (C=O) groups excluding carboxylic acids is 1. The smallest absolute Gasteiger partial charge is 0.303 e. The standard InChI is InChI=1S/C24H32Cl2NO3/c1-14-9-21-20(7-5-16(3)24(21,29)11-23(14)30-17(4)28)15(2)12-27-13-18-10-19(25)6-8-22(18)26/h6,8-11,15-16,20-21,23,27,29H,5,7,12-13H2,1-4H3/t15?,16-,20+,21-,23-,24-/m1/s1. The van der Waals surface area contributed by atoms with Gasteiger partial charge >= 0.3 is 5.97 Å². The molecule has 1 radical (unpaired) electrons. The second kappa shape index (κ2) is 9.60. The summed E-state index contributed by atoms with van der Waals surface area (Å²) >= 11 is 12.4. The Morgan fingerprint density at radius 3 is 2.80 bits per heavy atom. The molecular weight excluding hydrogens is 421 g/mol. The SMILES string of the molecule is CC(=O)O[C@@H]1[CH][C@@]2(O)[C@H](C)CC[C@@H](C(C)CNCc3cc(Cl)ccc3Cl)[C@H]2C=C1C. The number of aliphatic hydroxyl groups is 1. The molecule has 6 heteroatoms. The molecule has 4 nitrogen and oxygen atoms in total. The third-order valence-electron chi connectivity index (χ3n) is 6.84. The minimum absolute atomic E-state index is 0.0135. The van der Waals surface area contributed by atoms with Crippen LogP contribution in [0.3, 0.4) is 0 Å². The summed E-state index contributed by atoms with van der Waals surface area (Å²) in [6.07, 6.45) is 5.54. The van der Waals surface area contributed by atoms with Gasteiger partial charge in [0.25, 0.3) is 0 Å². The molecule has 0 spiro atoms. The highest BCUT2D eigenvalue weighted by molar-refractivity contribution is 6.33. The summed E-state index contributed by atoms with van der Waals surface area (Å²) in [7, 11) is 0. The quantitative estimate of drug-likeness (QED) is 0.459. The topological polar surface area (TPSA) is 58.6 Å². The first kappa shape index (κ1) is 23.6. The van der Waals surface area contributed by atoms with E-state index in [1.165, 1.54) is 6.92 Å². The van der Waals surface area contributed by atoms with Gasteiger partial charge in [0.05, 0.1) is 5.60 Å². The highest BCUT2D eigenvalue weighted by Crippen LogP contribution is 2.50. The lowest BCUT2D eigenvalue weighted by atomic mass is 9.57. The Morgan fingerprint density at radius 1 is 1.37 bits per heavy atom. The van der Waals surface area contributed by atoms with E-state index in [-0.39, 0.29) is 17.8 Å². The number of benzene rings is 1. The lowest BCUT2D eigenvalue weighted by molar-refractivity contribution is -0.148. The van der Waals surface area contributed by atoms with E-state index in [4.69, 9.17) is 27.9 Å². The van der Waals surface area contributed by atoms with Crippen LogP contribution in [-0.2, 0) is 16.1 Å². The molecule has 1 aromatic rings. The van der Waals surface area contributed by atoms with Gasteiger partial charge in [0.1, 0.15) is 6.10 Å². The predicted octanol–water partition coefficient (Wildman–Crippen LogP) is 5.21. The molecule has 0 aromatic heterocycles. The molecule has 3 rings (SSSR count). The van der Waals surface area contributed by atoms with Gasteiger partial charge < -0.3 is 15.2 Å². The van der Waals surface area contributed by atoms with E-state index in [0.29, 0.717) is 28.4 Å². The fraction of sp³-hybridized carbons (Fsp3) is 0.583. The van der Waals surface area contributed by atoms with E-state index in [0.717, 1.165) is 30.5 Å². The van der Waals surface area contributed by atoms with Gasteiger partial charge in [0, 0.05) is 35.9 Å². The second-order valence-corrected chi connectivity index (χ2v) is 9.85. The first-order valence-electron chi connectivity index (χ1n) is 10.7. The summed E-state index contributed by atoms with van der Waals surface area (Å²) in [5.74, 6) is 0.488. The summed E-state index contributed by atoms with van der Waals surface area (Å²) < 4.78 is 5.44. The molecule has 30 heavy (non-hydrogen) atoms. The average Bonchev–Trinajstić information content (AvgIpc) is 2.66. The van der Waals surface area contributed by atoms with Crippen molar-refractivity contribution in [3.63, 3.8) is 0 Å². The van der Waals surface area contributed by atoms with Gasteiger partial charge in [-0.3, -0.25) is 4.79 Å². The molecular formula is C24H32Cl2NO3. The van der Waals surface area contributed by atoms with Crippen LogP contribution >= 0.6 is 23.2 Å². The van der Waals surface area contributed by atoms with Gasteiger partial charge in [0.15, 0.2) is 0 Å². The molecule has 1 aromatic carbocycles. The molecule has 2 N–H and O–H groups in total. The highest BCUT2D eigenvalue weighted by atomic mass is 35.5. The molecule has 1 fully saturated rings. The van der Waals surface area contributed by atoms with Crippen LogP contribution in [0.5, 0.6) is 0 Å². The molecule has 1 unspecified atom stereocenters. The molecule has 165 valence electrons. The van der Waals surface area contributed by atoms with Crippen LogP contribution in [0.4, 0.5) is 0 Å². The van der Waals surface area contributed by atoms with Crippen LogP contribution in [0.15, 0.2) is 29.8 Å². The monoisotopic (exact) mass is 452 g/mol. The van der Waals surface area contributed by atoms with Crippen LogP contribution in [0.1, 0.15) is 46.1 Å². The summed E-state index contributed by atoms with van der Waals surface area (Å²) in [5.41, 5.74) is 1.01. The molecule has 0 aliphatic heterocycles. The van der Waals surface area contributed by atoms with Gasteiger partial charge in [-0.05, 0) is 73.4 Å². The zero-order valence-corrected chi connectivity index (χ0v) is 19.6. The van der Waals surface area contributed by atoms with Gasteiger partial charge in [-0.25, -0.2) is 0 Å². The van der Waals surface area contributed by atoms with E-state index in [2.05, 4.69) is 25.2 Å². The number of hydrogen-bond donors (Lipinski definition) is 2. The summed E-state index contributed by atoms with van der Waals surface area (Å²) in [6, 6.07) is 5.50. The fourth-order valence-electron chi connectivity index (χ4n) is 5.02. The molecule has 2 aliphatic rings. The first-order chi connectivity index (χ1) is 14.1. The number of carbonyl (C=O) groups is 1. The van der Waals surface area contributed by atoms with Crippen LogP contribution in [0.25, 0.3) is 0 Å². The van der Waals surface area contributed by atoms with Crippen molar-refractivity contribution in [3.05, 3.63) is 51.9 Å². The minimum Gasteiger partial charge on any atom is -0.458 e. The van der Waals surface area contributed by atoms with E-state index < -0.39 is 11.7 Å². The van der Waals surface area contributed by atoms with Crippen molar-refractivity contribution < 1.29 is 14.6 Å². The predicted molar refractivity (Wildman–Crippen MR) is 121 cm³/mol. The third kappa shape index (κ3) is 5.04. The average molecular weight is 453 g/mol. The maximum atomic E-state index is 11.6. The van der Waals surface area contributed by atoms with Crippen LogP contribution in [-0.4, -0.2) is 29.3 Å². The molecule has 6 atom stereocenters. The Kier molecular flexibility index (Phi) is 7.55. The van der Waals surface area contributed by atoms with E-state index in [1.807, 2.05) is 25.5 Å². The van der Waals surface area contributed by atoms with Crippen molar-refractivity contribution in [1.29, 1.82) is 0 Å². The van der Waals surface area contributed by atoms with Crippen molar-refractivity contribution in [2.75, 3.05) is 6.54 Å². The van der Waals surface area contributed by atoms with Gasteiger partial charge in [-0.1, -0.05) is 43.1 Å². The lowest BCUT2D eigenvalue weighted by Gasteiger charge is -2.52. The number of esters is 1. The Balaban J connectivity index is 1.70. The lowest BCUT2D eigenvalue weighted by Crippen LogP contribution is -2.56. The Labute approximate surface area is 190 Å². The number of fused-ring (bicyclic) bond motifs is 1. The molecule has 0 bridgehead atoms. The molecule has 0 saturated heterocycles. The van der Waals surface area contributed by atoms with Crippen molar-refractivity contribution >= 4 is 29.2 Å². The van der Waals surface area contributed by atoms with Crippen LogP contribution in [0.2, 0.25) is 10.0 Å². The molecule has 0 amide bonds. The van der Waals surface area contributed by atoms with Crippen molar-refractivity contribution in [1.82, 2.24) is 5.32 Å². The number of ether oxygens (including phenoxy) is 1. The van der Waals surface area contributed by atoms with Crippen LogP contribution in [0, 0.1) is 30.1 Å². The number of nitrogens with one attached hydrogen (secondary N) is 1. The third-order valence-corrected chi connectivity index (χ3v) is 7.44. The van der Waals surface area contributed by atoms with E-state index in [9.17, 15) is 9.90 Å². The van der Waals surface area contributed by atoms with E-state index in [1.54, 1.807) is 6.07 Å². The van der Waals surface area contributed by atoms with Crippen molar-refractivity contribution in [2.45, 2.75) is 58.8 Å². The molecule has 2 aliphatic carbocycles. The normalized spacial score (nSPS) is 32.2. The van der Waals surface area contributed by atoms with Crippen molar-refractivity contribution in [2.24, 2.45) is 23.7 Å². The zero-order chi connectivity index (χ0) is 22.1. The van der Waals surface area contributed by atoms with Gasteiger partial charge in [-0.15, -0.1) is 0 Å². The first-order valence-corrected chi connectivity index (χ1v) is 11.5. The number of halogens is 2. The minimum atomic E-state index is -0.965. The Morgan fingerprint density at radius 2 is 2.10 bits per heavy atom. The van der Waals surface area contributed by atoms with Gasteiger partial charge in [0.2, 0.25) is 0 Å². The fourth-order valence-corrected chi connectivity index (χ4v) is 5.40. The van der Waals surface area contributed by atoms with E-state index >= 15 is 0 Å². The number of rotatable bonds is 6. The van der Waals surface area contributed by atoms with Gasteiger partial charge in [-0.2, -0.15) is 0 Å². The Bertz CT molecular complexity index is 812. The summed E-state index contributed by atoms with van der Waals surface area (Å²) in [4.78, 5) is 11.5. The molecule has 0 heterocycles. The molecule has 1 saturated carbocycles. The Hall–Kier alpha value is -1.07. The zero-order valence-electron chi connectivity index (χ0n) is 18.1. The second-order valence-electron chi connectivity index (χ2n) is 9.01. The maximum Gasteiger partial charge on any atom is 0.303 e. The van der Waals surface area contributed by atoms with Crippen LogP contribution < -0.4 is 5.32 Å². The maximum absolute atomic E-state index is 11.6. The largest absolute Gasteiger partial charge is 0.458 e. The summed E-state index contributed by atoms with van der Waals surface area (Å²) in [6.45, 7) is 9.17. The highest BCUT2D eigenvalue weighted by Gasteiger charge is 2.52. The summed E-state index contributed by atoms with van der Waals surface area (Å²) in [5, 5.41) is 16.5. The number of hydrogen-bond acceptors (Lipinski definition) is 4. The van der Waals surface area contributed by atoms with Crippen molar-refractivity contribution in [3.8, 4) is 0 Å².